The van der Waals surface area contributed by atoms with Gasteiger partial charge in [0, 0.05) is 6.20 Å². The van der Waals surface area contributed by atoms with Gasteiger partial charge in [0.1, 0.15) is 0 Å². The largest absolute Gasteiger partial charge is 0.342 e. The van der Waals surface area contributed by atoms with Crippen molar-refractivity contribution in [2.45, 2.75) is 19.5 Å². The molecule has 108 valence electrons. The molecule has 0 fully saturated rings. The molecule has 0 aliphatic rings. The predicted octanol–water partition coefficient (Wildman–Crippen LogP) is 1.58. The van der Waals surface area contributed by atoms with Crippen molar-refractivity contribution in [3.63, 3.8) is 0 Å². The zero-order chi connectivity index (χ0) is 15.1. The second kappa shape index (κ2) is 7.19. The highest BCUT2D eigenvalue weighted by Crippen LogP contribution is 2.10. The van der Waals surface area contributed by atoms with Gasteiger partial charge in [0.2, 0.25) is 0 Å². The molecule has 2 amide bonds. The number of carbonyl (C=O) groups excluding carboxylic acids is 2. The molecule has 0 aliphatic carbocycles. The van der Waals surface area contributed by atoms with Gasteiger partial charge in [0.05, 0.1) is 18.3 Å². The molecule has 2 N–H and O–H groups in total. The first-order valence-electron chi connectivity index (χ1n) is 6.70. The van der Waals surface area contributed by atoms with Crippen molar-refractivity contribution in [3.05, 3.63) is 66.0 Å². The molecule has 2 rings (SSSR count). The fraction of sp³-hybridized carbons (Fsp3) is 0.188. The molecular formula is C16H17N3O2. The van der Waals surface area contributed by atoms with Crippen molar-refractivity contribution in [1.29, 1.82) is 0 Å². The molecule has 1 aromatic carbocycles. The normalized spacial score (nSPS) is 11.5. The van der Waals surface area contributed by atoms with Crippen LogP contribution in [0.25, 0.3) is 0 Å². The Labute approximate surface area is 123 Å². The lowest BCUT2D eigenvalue weighted by Crippen LogP contribution is -2.40. The summed E-state index contributed by atoms with van der Waals surface area (Å²) in [6, 6.07) is 14.7. The van der Waals surface area contributed by atoms with Crippen molar-refractivity contribution in [2.75, 3.05) is 0 Å². The van der Waals surface area contributed by atoms with Crippen LogP contribution < -0.4 is 10.6 Å². The Bertz CT molecular complexity index is 599. The summed E-state index contributed by atoms with van der Waals surface area (Å²) in [6.45, 7) is 2.06. The standard InChI is InChI=1S/C16H17N3O2/c1-12(13-7-3-2-4-8-13)19-16(21)15(20)18-11-14-9-5-6-10-17-14/h2-10,12H,11H2,1H3,(H,18,20)(H,19,21). The second-order valence-corrected chi connectivity index (χ2v) is 4.61. The predicted molar refractivity (Wildman–Crippen MR) is 79.1 cm³/mol. The maximum Gasteiger partial charge on any atom is 0.309 e. The van der Waals surface area contributed by atoms with Crippen molar-refractivity contribution < 1.29 is 9.59 Å². The lowest BCUT2D eigenvalue weighted by Gasteiger charge is -2.13. The highest BCUT2D eigenvalue weighted by molar-refractivity contribution is 6.35. The summed E-state index contributed by atoms with van der Waals surface area (Å²) < 4.78 is 0. The van der Waals surface area contributed by atoms with E-state index in [9.17, 15) is 9.59 Å². The zero-order valence-corrected chi connectivity index (χ0v) is 11.7. The zero-order valence-electron chi connectivity index (χ0n) is 11.7. The van der Waals surface area contributed by atoms with Crippen molar-refractivity contribution in [1.82, 2.24) is 15.6 Å². The first kappa shape index (κ1) is 14.7. The van der Waals surface area contributed by atoms with E-state index in [0.29, 0.717) is 5.69 Å². The molecule has 21 heavy (non-hydrogen) atoms. The summed E-state index contributed by atoms with van der Waals surface area (Å²) in [5.41, 5.74) is 1.65. The fourth-order valence-electron chi connectivity index (χ4n) is 1.84. The number of benzene rings is 1. The van der Waals surface area contributed by atoms with Crippen LogP contribution in [0.5, 0.6) is 0 Å². The summed E-state index contributed by atoms with van der Waals surface area (Å²) in [7, 11) is 0. The topological polar surface area (TPSA) is 71.1 Å². The van der Waals surface area contributed by atoms with E-state index < -0.39 is 11.8 Å². The van der Waals surface area contributed by atoms with Gasteiger partial charge in [-0.05, 0) is 24.6 Å². The summed E-state index contributed by atoms with van der Waals surface area (Å²) >= 11 is 0. The number of nitrogens with zero attached hydrogens (tertiary/aromatic N) is 1. The number of amides is 2. The third-order valence-corrected chi connectivity index (χ3v) is 3.01. The SMILES string of the molecule is CC(NC(=O)C(=O)NCc1ccccn1)c1ccccc1. The minimum absolute atomic E-state index is 0.223. The van der Waals surface area contributed by atoms with Crippen LogP contribution in [0.15, 0.2) is 54.7 Å². The average molecular weight is 283 g/mol. The molecule has 1 heterocycles. The van der Waals surface area contributed by atoms with Crippen LogP contribution in [0.4, 0.5) is 0 Å². The maximum absolute atomic E-state index is 11.8. The van der Waals surface area contributed by atoms with Crippen molar-refractivity contribution in [3.8, 4) is 0 Å². The van der Waals surface area contributed by atoms with Gasteiger partial charge < -0.3 is 10.6 Å². The van der Waals surface area contributed by atoms with Crippen LogP contribution in [-0.2, 0) is 16.1 Å². The molecule has 1 unspecified atom stereocenters. The molecule has 5 nitrogen and oxygen atoms in total. The quantitative estimate of drug-likeness (QED) is 0.837. The smallest absolute Gasteiger partial charge is 0.309 e. The highest BCUT2D eigenvalue weighted by Gasteiger charge is 2.16. The Morgan fingerprint density at radius 1 is 1.05 bits per heavy atom. The molecule has 0 saturated carbocycles. The van der Waals surface area contributed by atoms with Gasteiger partial charge in [0.15, 0.2) is 0 Å². The Kier molecular flexibility index (Phi) is 5.04. The number of rotatable bonds is 4. The van der Waals surface area contributed by atoms with E-state index in [0.717, 1.165) is 5.56 Å². The van der Waals surface area contributed by atoms with E-state index in [1.54, 1.807) is 18.3 Å². The summed E-state index contributed by atoms with van der Waals surface area (Å²) in [5, 5.41) is 5.20. The van der Waals surface area contributed by atoms with Crippen LogP contribution >= 0.6 is 0 Å². The Morgan fingerprint density at radius 3 is 2.43 bits per heavy atom. The molecule has 1 aromatic heterocycles. The average Bonchev–Trinajstić information content (AvgIpc) is 2.54. The molecule has 0 saturated heterocycles. The van der Waals surface area contributed by atoms with Crippen LogP contribution in [-0.4, -0.2) is 16.8 Å². The van der Waals surface area contributed by atoms with E-state index in [2.05, 4.69) is 15.6 Å². The highest BCUT2D eigenvalue weighted by atomic mass is 16.2. The van der Waals surface area contributed by atoms with E-state index in [-0.39, 0.29) is 12.6 Å². The van der Waals surface area contributed by atoms with Crippen LogP contribution in [0.2, 0.25) is 0 Å². The van der Waals surface area contributed by atoms with E-state index in [4.69, 9.17) is 0 Å². The third-order valence-electron chi connectivity index (χ3n) is 3.01. The number of nitrogens with one attached hydrogen (secondary N) is 2. The first-order chi connectivity index (χ1) is 10.2. The minimum Gasteiger partial charge on any atom is -0.342 e. The van der Waals surface area contributed by atoms with Gasteiger partial charge in [-0.3, -0.25) is 14.6 Å². The number of pyridine rings is 1. The molecule has 0 bridgehead atoms. The maximum atomic E-state index is 11.8. The molecule has 0 spiro atoms. The van der Waals surface area contributed by atoms with Crippen molar-refractivity contribution in [2.24, 2.45) is 0 Å². The molecule has 2 aromatic rings. The van der Waals surface area contributed by atoms with Crippen LogP contribution in [0.3, 0.4) is 0 Å². The lowest BCUT2D eigenvalue weighted by atomic mass is 10.1. The summed E-state index contributed by atoms with van der Waals surface area (Å²) in [6.07, 6.45) is 1.64. The van der Waals surface area contributed by atoms with Gasteiger partial charge in [-0.1, -0.05) is 36.4 Å². The monoisotopic (exact) mass is 283 g/mol. The number of hydrogen-bond acceptors (Lipinski definition) is 3. The van der Waals surface area contributed by atoms with E-state index in [1.165, 1.54) is 0 Å². The molecule has 1 atom stereocenters. The number of aromatic nitrogens is 1. The second-order valence-electron chi connectivity index (χ2n) is 4.61. The number of hydrogen-bond donors (Lipinski definition) is 2. The van der Waals surface area contributed by atoms with Crippen molar-refractivity contribution >= 4 is 11.8 Å². The van der Waals surface area contributed by atoms with Gasteiger partial charge in [-0.2, -0.15) is 0 Å². The molecule has 0 aliphatic heterocycles. The third kappa shape index (κ3) is 4.42. The fourth-order valence-corrected chi connectivity index (χ4v) is 1.84. The van der Waals surface area contributed by atoms with Gasteiger partial charge in [-0.25, -0.2) is 0 Å². The first-order valence-corrected chi connectivity index (χ1v) is 6.70. The molecule has 5 heteroatoms. The van der Waals surface area contributed by atoms with Crippen LogP contribution in [0.1, 0.15) is 24.2 Å². The molecular weight excluding hydrogens is 266 g/mol. The van der Waals surface area contributed by atoms with Gasteiger partial charge in [0.25, 0.3) is 0 Å². The molecule has 0 radical (unpaired) electrons. The lowest BCUT2D eigenvalue weighted by molar-refractivity contribution is -0.139. The summed E-state index contributed by atoms with van der Waals surface area (Å²) in [4.78, 5) is 27.6. The Balaban J connectivity index is 1.84. The minimum atomic E-state index is -0.663. The van der Waals surface area contributed by atoms with Gasteiger partial charge >= 0.3 is 11.8 Å². The van der Waals surface area contributed by atoms with E-state index in [1.807, 2.05) is 43.3 Å². The Hall–Kier alpha value is -2.69. The van der Waals surface area contributed by atoms with E-state index >= 15 is 0 Å². The van der Waals surface area contributed by atoms with Crippen LogP contribution in [0, 0.1) is 0 Å². The van der Waals surface area contributed by atoms with Gasteiger partial charge in [-0.15, -0.1) is 0 Å². The Morgan fingerprint density at radius 2 is 1.76 bits per heavy atom. The number of carbonyl (C=O) groups is 2. The summed E-state index contributed by atoms with van der Waals surface area (Å²) in [5.74, 6) is -1.31.